The van der Waals surface area contributed by atoms with Crippen LogP contribution in [-0.2, 0) is 95.0 Å². The van der Waals surface area contributed by atoms with E-state index in [1.165, 1.54) is 40.2 Å². The number of hydrogen-bond acceptors (Lipinski definition) is 42. The summed E-state index contributed by atoms with van der Waals surface area (Å²) < 4.78 is 128. The molecule has 0 radical (unpaired) electrons. The van der Waals surface area contributed by atoms with E-state index in [-0.39, 0.29) is 112 Å². The van der Waals surface area contributed by atoms with Crippen LogP contribution in [0.3, 0.4) is 0 Å². The van der Waals surface area contributed by atoms with Crippen molar-refractivity contribution in [2.45, 2.75) is 158 Å². The largest absolute Gasteiger partial charge is 0.530 e. The lowest BCUT2D eigenvalue weighted by atomic mass is 10.00. The number of aliphatic hydroxyl groups excluding tert-OH is 8. The Balaban J connectivity index is 0.000000191. The van der Waals surface area contributed by atoms with Crippen molar-refractivity contribution in [2.24, 2.45) is 50.2 Å². The number of esters is 2. The molecule has 9 heterocycles. The summed E-state index contributed by atoms with van der Waals surface area (Å²) >= 11 is 1.04. The fourth-order valence-electron chi connectivity index (χ4n) is 13.2. The number of carbonyl (C=O) groups is 3. The number of aliphatic imine (C=N–C) groups is 2. The SMILES string of the molecule is C=C(N)c1ncn([C@@H]2O[C@H](COP(=O)(N[C@@H](CC(=O)OCCC(C)C)C(=O)OCc3ccccc3)Oc3ccccc3)[C@@H](O)[C@H]2O)c1O.C=C(N)c1ncn([C@@H]2O[C@H](COP(=O)(OCCSC(=O)C(C)(C)C)Oc3ccccc3)[C@@H](O)[C@H]2O)c1O.C=C1OC(N)=Nc2c1ncn2[C@@H]1C[C@H](COP(=O)(O)O)[C@@H](O)[C@H]1O.C=C1OC(N)=Nc2c1ncn2[C@@H]1O[C@H](COP(=O)(O)O)[C@@H](O)[C@H]1O. The topological polar surface area (TPSA) is 744 Å². The Morgan fingerprint density at radius 2 is 0.992 bits per heavy atom. The summed E-state index contributed by atoms with van der Waals surface area (Å²) in [6.45, 7) is 21.4. The van der Waals surface area contributed by atoms with Crippen molar-refractivity contribution in [1.82, 2.24) is 43.3 Å². The van der Waals surface area contributed by atoms with Gasteiger partial charge in [-0.15, -0.1) is 0 Å². The number of imidazole rings is 4. The molecule has 3 saturated heterocycles. The zero-order valence-corrected chi connectivity index (χ0v) is 76.2. The molecule has 0 spiro atoms. The molecular formula is C78H105N15O35P4S. The van der Waals surface area contributed by atoms with E-state index in [0.717, 1.165) is 27.2 Å². The van der Waals surface area contributed by atoms with Gasteiger partial charge in [0.05, 0.1) is 82.3 Å². The van der Waals surface area contributed by atoms with Crippen molar-refractivity contribution in [3.05, 3.63) is 171 Å². The Morgan fingerprint density at radius 3 is 1.46 bits per heavy atom. The highest BCUT2D eigenvalue weighted by Crippen LogP contribution is 2.52. The summed E-state index contributed by atoms with van der Waals surface area (Å²) in [5.41, 5.74) is 23.0. The van der Waals surface area contributed by atoms with Gasteiger partial charge in [-0.3, -0.25) is 50.7 Å². The number of nitrogens with two attached hydrogens (primary N) is 4. The number of amidine groups is 2. The molecule has 0 bridgehead atoms. The van der Waals surface area contributed by atoms with Gasteiger partial charge in [0.2, 0.25) is 11.8 Å². The number of benzene rings is 3. The standard InChI is InChI=1S/C32H41N4O11P.C23H32N3O9PS.C12H17N4O7P.C11H15N4O8P/c1-20(2)14-15-43-26(37)16-24(32(41)44-17-22-10-6-4-7-11-22)35-48(42,47-23-12-8-5-9-13-23)45-18-25-28(38)29(39)31(46-25)36-19-34-27(21(3)33)30(36)40;1-14(24)17-20(29)26(13-25-17)21-19(28)18(27)16(34-21)12-33-36(31,35-15-8-6-5-7-9-15)32-10-11-37-22(30)23(2,3)4;1-5-8-11(15-12(13)23-5)16(4-14-8)7-2-6(9(17)10(7)18)3-22-24(19,20)21;1-4-6-9(14-11(12)22-4)15(3-13-6)10-8(17)7(16)5(23-10)2-21-24(18,19)20/h4-13,19-20,24-25,28-29,31,38-40H,3,14-18,33H2,1-2H3,(H,35,42);5-9,13,16,18-19,21,27-29H,1,10-12,24H2,2-4H3;4,6-7,9-10,17-18H,1-3H2,(H2,13,15)(H2,19,20,21);3,5,7-8,10,16-17H,1-2H2,(H2,12,14)(H2,18,19,20)/t24-,25+,28+,29+,31+,48?;16-,18-,19-,21-,36?;6-,7-,9-,10+;5-,7-,8-,10-/m0111/s1. The van der Waals surface area contributed by atoms with Gasteiger partial charge >= 0.3 is 43.2 Å². The smallest absolute Gasteiger partial charge is 0.493 e. The van der Waals surface area contributed by atoms with Gasteiger partial charge in [-0.2, -0.15) is 15.1 Å². The molecule has 13 rings (SSSR count). The third-order valence-electron chi connectivity index (χ3n) is 20.0. The lowest BCUT2D eigenvalue weighted by Gasteiger charge is -2.26. The normalized spacial score (nSPS) is 24.9. The van der Waals surface area contributed by atoms with Crippen LogP contribution in [0.4, 0.5) is 11.6 Å². The molecule has 3 aromatic carbocycles. The van der Waals surface area contributed by atoms with Gasteiger partial charge in [0.25, 0.3) is 12.0 Å². The third kappa shape index (κ3) is 28.0. The highest BCUT2D eigenvalue weighted by molar-refractivity contribution is 8.13. The average molecular weight is 1970 g/mol. The first-order valence-electron chi connectivity index (χ1n) is 40.3. The number of nitrogens with zero attached hydrogens (tertiary/aromatic N) is 10. The number of para-hydroxylation sites is 2. The Bertz CT molecular complexity index is 5360. The van der Waals surface area contributed by atoms with Gasteiger partial charge in [-0.25, -0.2) is 38.2 Å². The summed E-state index contributed by atoms with van der Waals surface area (Å²) in [7, 11) is -18.2. The quantitative estimate of drug-likeness (QED) is 0.0152. The zero-order chi connectivity index (χ0) is 97.5. The monoisotopic (exact) mass is 1970 g/mol. The van der Waals surface area contributed by atoms with Crippen LogP contribution in [0.5, 0.6) is 23.3 Å². The zero-order valence-electron chi connectivity index (χ0n) is 71.8. The van der Waals surface area contributed by atoms with E-state index in [2.05, 4.69) is 70.4 Å². The molecule has 2 unspecified atom stereocenters. The second-order valence-corrected chi connectivity index (χ2v) is 38.3. The Morgan fingerprint density at radius 1 is 0.556 bits per heavy atom. The van der Waals surface area contributed by atoms with Crippen molar-refractivity contribution in [3.8, 4) is 23.3 Å². The van der Waals surface area contributed by atoms with E-state index in [1.807, 2.05) is 13.8 Å². The minimum absolute atomic E-state index is 0.00182. The number of aliphatic hydroxyl groups is 8. The first-order chi connectivity index (χ1) is 62.5. The summed E-state index contributed by atoms with van der Waals surface area (Å²) in [6.07, 6.45) is -13.5. The first-order valence-corrected chi connectivity index (χ1v) is 47.3. The van der Waals surface area contributed by atoms with Gasteiger partial charge in [-0.05, 0) is 48.6 Å². The number of rotatable bonds is 36. The lowest BCUT2D eigenvalue weighted by molar-refractivity contribution is -0.153. The average Bonchev–Trinajstić information content (AvgIpc) is 1.63. The molecule has 6 aliphatic rings. The summed E-state index contributed by atoms with van der Waals surface area (Å²) in [5.74, 6) is -1.53. The van der Waals surface area contributed by atoms with E-state index in [9.17, 15) is 83.7 Å². The summed E-state index contributed by atoms with van der Waals surface area (Å²) in [5, 5.41) is 106. The Labute approximate surface area is 762 Å². The lowest BCUT2D eigenvalue weighted by Crippen LogP contribution is -2.40. The van der Waals surface area contributed by atoms with Crippen LogP contribution < -0.4 is 37.1 Å². The van der Waals surface area contributed by atoms with Crippen LogP contribution in [-0.4, -0.2) is 257 Å². The third-order valence-corrected chi connectivity index (χ3v) is 25.2. The maximum Gasteiger partial charge on any atom is 0.530 e. The van der Waals surface area contributed by atoms with Crippen molar-refractivity contribution in [3.63, 3.8) is 0 Å². The Hall–Kier alpha value is -10.2. The molecule has 23 N–H and O–H groups in total. The molecule has 4 aromatic heterocycles. The van der Waals surface area contributed by atoms with E-state index in [1.54, 1.807) is 99.6 Å². The molecule has 0 amide bonds. The van der Waals surface area contributed by atoms with Gasteiger partial charge < -0.3 is 140 Å². The number of hydrogen-bond donors (Lipinski definition) is 19. The van der Waals surface area contributed by atoms with Crippen LogP contribution in [0, 0.1) is 17.3 Å². The van der Waals surface area contributed by atoms with Crippen LogP contribution >= 0.6 is 43.0 Å². The molecule has 50 nitrogen and oxygen atoms in total. The summed E-state index contributed by atoms with van der Waals surface area (Å²) in [4.78, 5) is 97.2. The maximum atomic E-state index is 14.3. The predicted molar refractivity (Wildman–Crippen MR) is 467 cm³/mol. The number of aromatic hydroxyl groups is 2. The van der Waals surface area contributed by atoms with E-state index >= 15 is 0 Å². The number of ether oxygens (including phenoxy) is 7. The van der Waals surface area contributed by atoms with Crippen molar-refractivity contribution in [2.75, 3.05) is 45.4 Å². The van der Waals surface area contributed by atoms with E-state index < -0.39 is 197 Å². The molecule has 55 heteroatoms. The Kier molecular flexibility index (Phi) is 35.9. The second-order valence-electron chi connectivity index (χ2n) is 31.5. The molecule has 4 fully saturated rings. The molecule has 7 aromatic rings. The minimum Gasteiger partial charge on any atom is -0.493 e. The van der Waals surface area contributed by atoms with E-state index in [0.29, 0.717) is 23.5 Å². The highest BCUT2D eigenvalue weighted by atomic mass is 32.2. The van der Waals surface area contributed by atoms with Gasteiger partial charge in [-0.1, -0.05) is 139 Å². The number of carbonyl (C=O) groups excluding carboxylic acids is 3. The summed E-state index contributed by atoms with van der Waals surface area (Å²) in [6, 6.07) is 22.5. The van der Waals surface area contributed by atoms with Gasteiger partial charge in [0, 0.05) is 17.1 Å². The number of aromatic nitrogens is 8. The maximum absolute atomic E-state index is 14.3. The molecule has 5 aliphatic heterocycles. The number of nitrogens with one attached hydrogen (secondary N) is 1. The second kappa shape index (κ2) is 45.5. The highest BCUT2D eigenvalue weighted by Gasteiger charge is 2.51. The molecule has 19 atom stereocenters. The molecule has 728 valence electrons. The van der Waals surface area contributed by atoms with E-state index in [4.69, 9.17) is 98.3 Å². The molecular weight excluding hydrogens is 1860 g/mol. The van der Waals surface area contributed by atoms with Gasteiger partial charge in [0.1, 0.15) is 121 Å². The van der Waals surface area contributed by atoms with Crippen molar-refractivity contribution in [1.29, 1.82) is 0 Å². The van der Waals surface area contributed by atoms with Crippen LogP contribution in [0.25, 0.3) is 22.9 Å². The van der Waals surface area contributed by atoms with Crippen LogP contribution in [0.15, 0.2) is 153 Å². The predicted octanol–water partition coefficient (Wildman–Crippen LogP) is 3.47. The minimum atomic E-state index is -4.74. The fraction of sp³-hybridized carbons (Fsp3) is 0.449. The molecule has 1 aliphatic carbocycles. The van der Waals surface area contributed by atoms with Gasteiger partial charge in [0.15, 0.2) is 47.0 Å². The number of phosphoric acid groups is 3. The van der Waals surface area contributed by atoms with Crippen molar-refractivity contribution >= 4 is 107 Å². The van der Waals surface area contributed by atoms with Crippen LogP contribution in [0.2, 0.25) is 0 Å². The molecule has 133 heavy (non-hydrogen) atoms. The first kappa shape index (κ1) is 105. The number of thioether (sulfide) groups is 1. The van der Waals surface area contributed by atoms with Crippen LogP contribution in [0.1, 0.15) is 107 Å². The fourth-order valence-corrected chi connectivity index (χ4v) is 17.5. The number of phosphoric ester groups is 3. The molecule has 1 saturated carbocycles. The number of fused-ring (bicyclic) bond motifs is 2. The van der Waals surface area contributed by atoms with Crippen molar-refractivity contribution < 1.29 is 168 Å².